The maximum Gasteiger partial charge on any atom is 0.274 e. The molecule has 9 heteroatoms. The molecule has 35 heavy (non-hydrogen) atoms. The van der Waals surface area contributed by atoms with Crippen LogP contribution in [0.5, 0.6) is 11.5 Å². The molecule has 1 aromatic heterocycles. The molecule has 0 bridgehead atoms. The van der Waals surface area contributed by atoms with Gasteiger partial charge in [-0.15, -0.1) is 0 Å². The fraction of sp³-hybridized carbons (Fsp3) is 0.538. The molecular formula is C26H38N2O6Si. The zero-order valence-electron chi connectivity index (χ0n) is 21.7. The van der Waals surface area contributed by atoms with Gasteiger partial charge < -0.3 is 29.1 Å². The number of hydrogen-bond donors (Lipinski definition) is 2. The number of pyridine rings is 1. The lowest BCUT2D eigenvalue weighted by molar-refractivity contribution is -0.208. The average Bonchev–Trinajstić information content (AvgIpc) is 2.78. The Bertz CT molecular complexity index is 995. The quantitative estimate of drug-likeness (QED) is 0.508. The Labute approximate surface area is 209 Å². The number of nitrogens with zero attached hydrogens (tertiary/aromatic N) is 1. The van der Waals surface area contributed by atoms with Crippen LogP contribution in [0.3, 0.4) is 0 Å². The number of carbonyl (C=O) groups excluding carboxylic acids is 1. The van der Waals surface area contributed by atoms with Crippen molar-refractivity contribution in [2.24, 2.45) is 0 Å². The van der Waals surface area contributed by atoms with Crippen LogP contribution in [0.1, 0.15) is 50.2 Å². The summed E-state index contributed by atoms with van der Waals surface area (Å²) in [5.74, 6) is -0.634. The van der Waals surface area contributed by atoms with E-state index in [9.17, 15) is 9.90 Å². The van der Waals surface area contributed by atoms with Crippen LogP contribution in [0.4, 0.5) is 0 Å². The molecule has 0 aliphatic carbocycles. The zero-order valence-corrected chi connectivity index (χ0v) is 22.7. The average molecular weight is 503 g/mol. The SMILES string of the molecule is COc1ccnc(C(=O)N[C@@H]2C[C@@H](O[Si](C)(C)C(C)(C)C)O[C@@H](C)[C@@H]2OCc2ccccc2)c1O. The summed E-state index contributed by atoms with van der Waals surface area (Å²) in [5, 5.41) is 13.5. The first-order valence-corrected chi connectivity index (χ1v) is 14.9. The summed E-state index contributed by atoms with van der Waals surface area (Å²) < 4.78 is 24.2. The van der Waals surface area contributed by atoms with E-state index >= 15 is 0 Å². The molecule has 3 rings (SSSR count). The van der Waals surface area contributed by atoms with Gasteiger partial charge in [0, 0.05) is 18.7 Å². The second-order valence-corrected chi connectivity index (χ2v) is 15.2. The van der Waals surface area contributed by atoms with Crippen LogP contribution >= 0.6 is 0 Å². The number of aromatic hydroxyl groups is 1. The maximum absolute atomic E-state index is 13.2. The van der Waals surface area contributed by atoms with Crippen molar-refractivity contribution in [2.45, 2.75) is 83.4 Å². The summed E-state index contributed by atoms with van der Waals surface area (Å²) in [7, 11) is -0.694. The van der Waals surface area contributed by atoms with Crippen LogP contribution in [0.2, 0.25) is 18.1 Å². The number of hydrogen-bond acceptors (Lipinski definition) is 7. The van der Waals surface area contributed by atoms with Gasteiger partial charge in [0.15, 0.2) is 25.5 Å². The molecule has 1 aromatic carbocycles. The second-order valence-electron chi connectivity index (χ2n) is 10.4. The fourth-order valence-corrected chi connectivity index (χ4v) is 4.95. The van der Waals surface area contributed by atoms with Crippen molar-refractivity contribution in [3.05, 3.63) is 53.9 Å². The van der Waals surface area contributed by atoms with Gasteiger partial charge in [-0.05, 0) is 30.6 Å². The standard InChI is InChI=1S/C26H38N2O6Si/c1-17-24(32-16-18-11-9-8-10-12-18)19(15-21(33-17)34-35(6,7)26(2,3)4)28-25(30)22-23(29)20(31-5)13-14-27-22/h8-14,17,19,21,24,29H,15-16H2,1-7H3,(H,28,30)/t17-,19+,21+,24-/m0/s1. The summed E-state index contributed by atoms with van der Waals surface area (Å²) in [5.41, 5.74) is 0.920. The van der Waals surface area contributed by atoms with Crippen molar-refractivity contribution in [1.82, 2.24) is 10.3 Å². The molecule has 1 amide bonds. The highest BCUT2D eigenvalue weighted by atomic mass is 28.4. The van der Waals surface area contributed by atoms with E-state index in [2.05, 4.69) is 44.2 Å². The molecule has 1 aliphatic rings. The Hall–Kier alpha value is -2.46. The van der Waals surface area contributed by atoms with E-state index in [-0.39, 0.29) is 28.3 Å². The molecule has 1 fully saturated rings. The van der Waals surface area contributed by atoms with E-state index in [0.29, 0.717) is 13.0 Å². The third-order valence-corrected chi connectivity index (χ3v) is 11.3. The largest absolute Gasteiger partial charge is 0.503 e. The van der Waals surface area contributed by atoms with Gasteiger partial charge >= 0.3 is 0 Å². The highest BCUT2D eigenvalue weighted by molar-refractivity contribution is 6.74. The molecule has 4 atom stereocenters. The molecule has 0 saturated carbocycles. The first kappa shape index (κ1) is 27.1. The smallest absolute Gasteiger partial charge is 0.274 e. The lowest BCUT2D eigenvalue weighted by atomic mass is 9.99. The molecular weight excluding hydrogens is 464 g/mol. The van der Waals surface area contributed by atoms with Crippen LogP contribution in [0, 0.1) is 0 Å². The van der Waals surface area contributed by atoms with Crippen molar-refractivity contribution < 1.29 is 28.5 Å². The molecule has 8 nitrogen and oxygen atoms in total. The summed E-state index contributed by atoms with van der Waals surface area (Å²) >= 11 is 0. The van der Waals surface area contributed by atoms with E-state index in [1.807, 2.05) is 37.3 Å². The molecule has 192 valence electrons. The lowest BCUT2D eigenvalue weighted by Gasteiger charge is -2.45. The van der Waals surface area contributed by atoms with E-state index in [0.717, 1.165) is 5.56 Å². The number of methoxy groups -OCH3 is 1. The minimum Gasteiger partial charge on any atom is -0.503 e. The van der Waals surface area contributed by atoms with Crippen molar-refractivity contribution >= 4 is 14.2 Å². The molecule has 0 spiro atoms. The van der Waals surface area contributed by atoms with Gasteiger partial charge in [-0.3, -0.25) is 4.79 Å². The molecule has 2 aromatic rings. The molecule has 0 radical (unpaired) electrons. The lowest BCUT2D eigenvalue weighted by Crippen LogP contribution is -2.58. The summed E-state index contributed by atoms with van der Waals surface area (Å²) in [6.07, 6.45) is 0.588. The van der Waals surface area contributed by atoms with E-state index < -0.39 is 32.7 Å². The monoisotopic (exact) mass is 502 g/mol. The summed E-state index contributed by atoms with van der Waals surface area (Å²) in [6, 6.07) is 10.9. The maximum atomic E-state index is 13.2. The van der Waals surface area contributed by atoms with Crippen LogP contribution in [-0.2, 0) is 20.5 Å². The van der Waals surface area contributed by atoms with Crippen molar-refractivity contribution in [2.75, 3.05) is 7.11 Å². The number of rotatable bonds is 8. The van der Waals surface area contributed by atoms with Gasteiger partial charge in [-0.25, -0.2) is 4.98 Å². The summed E-state index contributed by atoms with van der Waals surface area (Å²) in [4.78, 5) is 17.2. The van der Waals surface area contributed by atoms with Crippen LogP contribution in [0.25, 0.3) is 0 Å². The van der Waals surface area contributed by atoms with Crippen molar-refractivity contribution in [3.8, 4) is 11.5 Å². The van der Waals surface area contributed by atoms with Crippen LogP contribution in [-0.4, -0.2) is 56.0 Å². The van der Waals surface area contributed by atoms with E-state index in [1.54, 1.807) is 0 Å². The Morgan fingerprint density at radius 3 is 2.54 bits per heavy atom. The topological polar surface area (TPSA) is 99.1 Å². The number of amides is 1. The Kier molecular flexibility index (Phi) is 8.58. The second kappa shape index (κ2) is 11.1. The number of nitrogens with one attached hydrogen (secondary N) is 1. The molecule has 2 heterocycles. The highest BCUT2D eigenvalue weighted by Crippen LogP contribution is 2.39. The molecule has 0 unspecified atom stereocenters. The highest BCUT2D eigenvalue weighted by Gasteiger charge is 2.44. The third-order valence-electron chi connectivity index (χ3n) is 6.83. The van der Waals surface area contributed by atoms with Gasteiger partial charge in [-0.1, -0.05) is 51.1 Å². The van der Waals surface area contributed by atoms with Gasteiger partial charge in [0.25, 0.3) is 5.91 Å². The number of ether oxygens (including phenoxy) is 3. The fourth-order valence-electron chi connectivity index (χ4n) is 3.79. The third kappa shape index (κ3) is 6.61. The Balaban J connectivity index is 1.82. The molecule has 2 N–H and O–H groups in total. The van der Waals surface area contributed by atoms with E-state index in [1.165, 1.54) is 19.4 Å². The first-order valence-electron chi connectivity index (χ1n) is 11.9. The number of aromatic nitrogens is 1. The molecule has 1 saturated heterocycles. The van der Waals surface area contributed by atoms with Gasteiger partial charge in [0.2, 0.25) is 0 Å². The Morgan fingerprint density at radius 2 is 1.91 bits per heavy atom. The zero-order chi connectivity index (χ0) is 25.8. The van der Waals surface area contributed by atoms with Crippen LogP contribution < -0.4 is 10.1 Å². The van der Waals surface area contributed by atoms with Crippen LogP contribution in [0.15, 0.2) is 42.6 Å². The Morgan fingerprint density at radius 1 is 1.23 bits per heavy atom. The van der Waals surface area contributed by atoms with Gasteiger partial charge in [-0.2, -0.15) is 0 Å². The minimum absolute atomic E-state index is 0.00923. The van der Waals surface area contributed by atoms with Crippen molar-refractivity contribution in [1.29, 1.82) is 0 Å². The predicted octanol–water partition coefficient (Wildman–Crippen LogP) is 4.64. The minimum atomic E-state index is -2.12. The molecule has 1 aliphatic heterocycles. The predicted molar refractivity (Wildman–Crippen MR) is 136 cm³/mol. The van der Waals surface area contributed by atoms with Gasteiger partial charge in [0.1, 0.15) is 12.4 Å². The van der Waals surface area contributed by atoms with E-state index in [4.69, 9.17) is 18.6 Å². The summed E-state index contributed by atoms with van der Waals surface area (Å²) in [6.45, 7) is 13.2. The first-order chi connectivity index (χ1) is 16.4. The normalized spacial score (nSPS) is 23.1. The number of carbonyl (C=O) groups is 1. The van der Waals surface area contributed by atoms with Gasteiger partial charge in [0.05, 0.1) is 25.9 Å². The van der Waals surface area contributed by atoms with Crippen molar-refractivity contribution in [3.63, 3.8) is 0 Å². The number of benzene rings is 1.